The van der Waals surface area contributed by atoms with E-state index in [0.29, 0.717) is 47.8 Å². The molecule has 2 amide bonds. The van der Waals surface area contributed by atoms with E-state index in [4.69, 9.17) is 23.2 Å². The van der Waals surface area contributed by atoms with Crippen molar-refractivity contribution >= 4 is 29.2 Å². The van der Waals surface area contributed by atoms with Crippen molar-refractivity contribution in [2.75, 3.05) is 47.3 Å². The van der Waals surface area contributed by atoms with Gasteiger partial charge in [0.15, 0.2) is 0 Å². The molecule has 2 aliphatic rings. The zero-order valence-electron chi connectivity index (χ0n) is 20.9. The third-order valence-corrected chi connectivity index (χ3v) is 8.17. The molecule has 3 atom stereocenters. The second-order valence-electron chi connectivity index (χ2n) is 10.1. The highest BCUT2D eigenvalue weighted by Gasteiger charge is 2.41. The van der Waals surface area contributed by atoms with Gasteiger partial charge in [0.1, 0.15) is 5.82 Å². The van der Waals surface area contributed by atoms with Gasteiger partial charge in [-0.05, 0) is 63.0 Å². The Kier molecular flexibility index (Phi) is 8.28. The minimum atomic E-state index is -4.75. The molecule has 0 N–H and O–H groups in total. The van der Waals surface area contributed by atoms with Crippen LogP contribution in [0.4, 0.5) is 22.4 Å². The molecule has 11 heteroatoms. The highest BCUT2D eigenvalue weighted by atomic mass is 35.5. The molecule has 2 fully saturated rings. The Morgan fingerprint density at radius 1 is 1.00 bits per heavy atom. The molecule has 0 aliphatic carbocycles. The first-order valence-corrected chi connectivity index (χ1v) is 12.8. The van der Waals surface area contributed by atoms with E-state index in [9.17, 15) is 22.4 Å². The largest absolute Gasteiger partial charge is 0.419 e. The number of carbonyl (C=O) groups is 1. The number of urea groups is 1. The number of amides is 2. The summed E-state index contributed by atoms with van der Waals surface area (Å²) in [4.78, 5) is 21.2. The van der Waals surface area contributed by atoms with Gasteiger partial charge in [-0.3, -0.25) is 4.90 Å². The van der Waals surface area contributed by atoms with Crippen LogP contribution >= 0.6 is 23.2 Å². The van der Waals surface area contributed by atoms with Crippen LogP contribution in [0.1, 0.15) is 29.0 Å². The number of hydrogen-bond acceptors (Lipinski definition) is 3. The summed E-state index contributed by atoms with van der Waals surface area (Å²) in [5, 5.41) is 0.830. The number of likely N-dealkylation sites (tertiary alicyclic amines) is 2. The van der Waals surface area contributed by atoms with Crippen LogP contribution in [0.25, 0.3) is 0 Å². The minimum absolute atomic E-state index is 0.0362. The van der Waals surface area contributed by atoms with Gasteiger partial charge in [-0.15, -0.1) is 0 Å². The van der Waals surface area contributed by atoms with Crippen LogP contribution in [0.2, 0.25) is 10.0 Å². The molecule has 2 saturated heterocycles. The van der Waals surface area contributed by atoms with Crippen molar-refractivity contribution in [3.63, 3.8) is 0 Å². The van der Waals surface area contributed by atoms with Gasteiger partial charge < -0.3 is 14.7 Å². The fourth-order valence-electron chi connectivity index (χ4n) is 5.29. The smallest absolute Gasteiger partial charge is 0.323 e. The van der Waals surface area contributed by atoms with Crippen molar-refractivity contribution in [2.45, 2.75) is 37.1 Å². The second kappa shape index (κ2) is 11.0. The summed E-state index contributed by atoms with van der Waals surface area (Å²) in [5.41, 5.74) is 0.0404. The summed E-state index contributed by atoms with van der Waals surface area (Å²) in [6, 6.07) is 8.48. The van der Waals surface area contributed by atoms with Crippen molar-refractivity contribution in [3.8, 4) is 0 Å². The monoisotopic (exact) mass is 560 g/mol. The molecule has 2 aliphatic heterocycles. The number of benzene rings is 2. The fourth-order valence-corrected chi connectivity index (χ4v) is 5.60. The molecular formula is C26H30Cl2F4N4O. The molecule has 3 unspecified atom stereocenters. The van der Waals surface area contributed by atoms with E-state index < -0.39 is 17.6 Å². The predicted octanol–water partition coefficient (Wildman–Crippen LogP) is 5.81. The van der Waals surface area contributed by atoms with Crippen molar-refractivity contribution in [1.29, 1.82) is 0 Å². The lowest BCUT2D eigenvalue weighted by molar-refractivity contribution is -0.140. The topological polar surface area (TPSA) is 30.0 Å². The van der Waals surface area contributed by atoms with Gasteiger partial charge in [0.25, 0.3) is 0 Å². The SMILES string of the molecule is CN(C)C1CCN(C(=O)N2CC(c3ccc(Cl)c(Cl)c3)C(N(C)Cc3ccc(C(F)(F)F)c(F)c3)C2)C1. The maximum atomic E-state index is 14.2. The van der Waals surface area contributed by atoms with E-state index in [-0.39, 0.29) is 24.5 Å². The third kappa shape index (κ3) is 6.16. The quantitative estimate of drug-likeness (QED) is 0.432. The molecule has 5 nitrogen and oxygen atoms in total. The first-order chi connectivity index (χ1) is 17.3. The number of rotatable bonds is 5. The van der Waals surface area contributed by atoms with Crippen molar-refractivity contribution in [3.05, 3.63) is 69.0 Å². The molecule has 2 aromatic carbocycles. The Bertz CT molecular complexity index is 1150. The predicted molar refractivity (Wildman–Crippen MR) is 136 cm³/mol. The molecule has 202 valence electrons. The van der Waals surface area contributed by atoms with Crippen LogP contribution in [-0.2, 0) is 12.7 Å². The summed E-state index contributed by atoms with van der Waals surface area (Å²) in [6.07, 6.45) is -3.84. The van der Waals surface area contributed by atoms with E-state index in [0.717, 1.165) is 24.1 Å². The summed E-state index contributed by atoms with van der Waals surface area (Å²) < 4.78 is 53.2. The maximum Gasteiger partial charge on any atom is 0.419 e. The van der Waals surface area contributed by atoms with Crippen LogP contribution in [0.5, 0.6) is 0 Å². The van der Waals surface area contributed by atoms with Crippen LogP contribution < -0.4 is 0 Å². The molecule has 0 aromatic heterocycles. The average molecular weight is 561 g/mol. The first kappa shape index (κ1) is 28.0. The first-order valence-electron chi connectivity index (χ1n) is 12.1. The van der Waals surface area contributed by atoms with Crippen molar-refractivity contribution in [2.24, 2.45) is 0 Å². The highest BCUT2D eigenvalue weighted by molar-refractivity contribution is 6.42. The molecule has 37 heavy (non-hydrogen) atoms. The minimum Gasteiger partial charge on any atom is -0.323 e. The van der Waals surface area contributed by atoms with Crippen molar-refractivity contribution < 1.29 is 22.4 Å². The normalized spacial score (nSPS) is 22.5. The van der Waals surface area contributed by atoms with Gasteiger partial charge in [-0.1, -0.05) is 35.3 Å². The van der Waals surface area contributed by atoms with E-state index >= 15 is 0 Å². The molecule has 0 bridgehead atoms. The zero-order valence-corrected chi connectivity index (χ0v) is 22.4. The standard InChI is InChI=1S/C26H30Cl2F4N4O/c1-33(2)18-8-9-35(13-18)25(37)36-14-19(17-5-7-21(27)22(28)11-17)24(15-36)34(3)12-16-4-6-20(23(29)10-16)26(30,31)32/h4-7,10-11,18-19,24H,8-9,12-15H2,1-3H3. The molecule has 0 saturated carbocycles. The van der Waals surface area contributed by atoms with E-state index in [2.05, 4.69) is 4.90 Å². The van der Waals surface area contributed by atoms with Gasteiger partial charge >= 0.3 is 12.2 Å². The summed E-state index contributed by atoms with van der Waals surface area (Å²) >= 11 is 12.4. The summed E-state index contributed by atoms with van der Waals surface area (Å²) in [7, 11) is 5.84. The van der Waals surface area contributed by atoms with E-state index in [1.807, 2.05) is 41.9 Å². The molecule has 4 rings (SSSR count). The Labute approximate surface area is 224 Å². The molecule has 0 spiro atoms. The summed E-state index contributed by atoms with van der Waals surface area (Å²) in [6.45, 7) is 2.43. The summed E-state index contributed by atoms with van der Waals surface area (Å²) in [5.74, 6) is -1.41. The Morgan fingerprint density at radius 3 is 2.32 bits per heavy atom. The number of halogens is 6. The number of nitrogens with zero attached hydrogens (tertiary/aromatic N) is 4. The number of likely N-dealkylation sites (N-methyl/N-ethyl adjacent to an activating group) is 2. The molecular weight excluding hydrogens is 531 g/mol. The lowest BCUT2D eigenvalue weighted by Gasteiger charge is -2.29. The average Bonchev–Trinajstić information content (AvgIpc) is 3.48. The van der Waals surface area contributed by atoms with Gasteiger partial charge in [0, 0.05) is 50.7 Å². The Balaban J connectivity index is 1.56. The van der Waals surface area contributed by atoms with Crippen LogP contribution in [-0.4, -0.2) is 85.0 Å². The molecule has 0 radical (unpaired) electrons. The lowest BCUT2D eigenvalue weighted by atomic mass is 9.93. The number of alkyl halides is 3. The number of carbonyl (C=O) groups excluding carboxylic acids is 1. The van der Waals surface area contributed by atoms with Gasteiger partial charge in [0.05, 0.1) is 15.6 Å². The van der Waals surface area contributed by atoms with E-state index in [1.54, 1.807) is 12.1 Å². The van der Waals surface area contributed by atoms with E-state index in [1.165, 1.54) is 6.07 Å². The Hall–Kier alpha value is -2.07. The van der Waals surface area contributed by atoms with Crippen LogP contribution in [0.3, 0.4) is 0 Å². The van der Waals surface area contributed by atoms with Gasteiger partial charge in [-0.2, -0.15) is 13.2 Å². The van der Waals surface area contributed by atoms with Crippen LogP contribution in [0, 0.1) is 5.82 Å². The molecule has 2 aromatic rings. The zero-order chi connectivity index (χ0) is 27.1. The second-order valence-corrected chi connectivity index (χ2v) is 10.9. The maximum absolute atomic E-state index is 14.2. The number of hydrogen-bond donors (Lipinski definition) is 0. The van der Waals surface area contributed by atoms with Crippen molar-refractivity contribution in [1.82, 2.24) is 19.6 Å². The van der Waals surface area contributed by atoms with Crippen LogP contribution in [0.15, 0.2) is 36.4 Å². The van der Waals surface area contributed by atoms with Gasteiger partial charge in [-0.25, -0.2) is 9.18 Å². The highest BCUT2D eigenvalue weighted by Crippen LogP contribution is 2.36. The molecule has 2 heterocycles. The fraction of sp³-hybridized carbons (Fsp3) is 0.500. The third-order valence-electron chi connectivity index (χ3n) is 7.43. The lowest BCUT2D eigenvalue weighted by Crippen LogP contribution is -2.44. The van der Waals surface area contributed by atoms with Gasteiger partial charge in [0.2, 0.25) is 0 Å². The Morgan fingerprint density at radius 2 is 1.73 bits per heavy atom.